The van der Waals surface area contributed by atoms with Crippen LogP contribution in [0.3, 0.4) is 0 Å². The van der Waals surface area contributed by atoms with Crippen LogP contribution in [0.4, 0.5) is 4.79 Å². The van der Waals surface area contributed by atoms with Gasteiger partial charge < -0.3 is 20.0 Å². The van der Waals surface area contributed by atoms with E-state index in [0.717, 1.165) is 0 Å². The molecular formula is C9H20N2O5. The summed E-state index contributed by atoms with van der Waals surface area (Å²) in [6.45, 7) is 4.68. The maximum absolute atomic E-state index is 10.8. The molecule has 0 fully saturated rings. The van der Waals surface area contributed by atoms with Crippen LogP contribution in [-0.2, 0) is 14.4 Å². The van der Waals surface area contributed by atoms with Gasteiger partial charge in [-0.05, 0) is 20.8 Å². The second kappa shape index (κ2) is 8.93. The van der Waals surface area contributed by atoms with Crippen LogP contribution in [0.5, 0.6) is 0 Å². The number of hydrogen-bond donors (Lipinski definition) is 3. The predicted molar refractivity (Wildman–Crippen MR) is 57.9 cm³/mol. The smallest absolute Gasteiger partial charge is 0.408 e. The van der Waals surface area contributed by atoms with Gasteiger partial charge in [-0.15, -0.1) is 0 Å². The van der Waals surface area contributed by atoms with Gasteiger partial charge >= 0.3 is 12.1 Å². The molecule has 0 saturated heterocycles. The predicted octanol–water partition coefficient (Wildman–Crippen LogP) is 0.363. The van der Waals surface area contributed by atoms with Crippen LogP contribution in [0.15, 0.2) is 0 Å². The second-order valence-corrected chi connectivity index (χ2v) is 3.66. The molecule has 0 aliphatic heterocycles. The van der Waals surface area contributed by atoms with E-state index in [9.17, 15) is 9.59 Å². The molecule has 3 N–H and O–H groups in total. The number of carboxylic acids is 1. The number of carbonyl (C=O) groups excluding carboxylic acids is 1. The van der Waals surface area contributed by atoms with Crippen LogP contribution in [0.25, 0.3) is 0 Å². The molecule has 0 aromatic carbocycles. The van der Waals surface area contributed by atoms with E-state index in [1.807, 2.05) is 0 Å². The summed E-state index contributed by atoms with van der Waals surface area (Å²) in [6, 6.07) is 0. The molecular weight excluding hydrogens is 216 g/mol. The lowest BCUT2D eigenvalue weighted by atomic mass is 10.2. The molecule has 0 aromatic rings. The highest BCUT2D eigenvalue weighted by atomic mass is 16.6. The molecule has 96 valence electrons. The fourth-order valence-electron chi connectivity index (χ4n) is 0.462. The van der Waals surface area contributed by atoms with Gasteiger partial charge in [0, 0.05) is 7.05 Å². The van der Waals surface area contributed by atoms with Gasteiger partial charge in [-0.25, -0.2) is 10.3 Å². The molecule has 0 rings (SSSR count). The van der Waals surface area contributed by atoms with Crippen LogP contribution in [0.2, 0.25) is 0 Å². The van der Waals surface area contributed by atoms with Crippen molar-refractivity contribution in [3.63, 3.8) is 0 Å². The van der Waals surface area contributed by atoms with Gasteiger partial charge in [-0.1, -0.05) is 0 Å². The highest BCUT2D eigenvalue weighted by molar-refractivity contribution is 5.76. The van der Waals surface area contributed by atoms with Gasteiger partial charge in [0.25, 0.3) is 0 Å². The Balaban J connectivity index is 0. The number of carbonyl (C=O) groups is 2. The van der Waals surface area contributed by atoms with Gasteiger partial charge in [0.15, 0.2) is 0 Å². The van der Waals surface area contributed by atoms with E-state index in [2.05, 4.69) is 15.6 Å². The van der Waals surface area contributed by atoms with Crippen molar-refractivity contribution in [1.82, 2.24) is 10.8 Å². The molecule has 7 heteroatoms. The summed E-state index contributed by atoms with van der Waals surface area (Å²) >= 11 is 0. The van der Waals surface area contributed by atoms with Crippen LogP contribution in [-0.4, -0.2) is 43.5 Å². The van der Waals surface area contributed by atoms with E-state index >= 15 is 0 Å². The molecule has 0 radical (unpaired) electrons. The number of hydroxylamine groups is 1. The largest absolute Gasteiger partial charge is 0.480 e. The van der Waals surface area contributed by atoms with Gasteiger partial charge in [0.1, 0.15) is 12.1 Å². The Morgan fingerprint density at radius 2 is 1.75 bits per heavy atom. The van der Waals surface area contributed by atoms with Crippen molar-refractivity contribution in [2.45, 2.75) is 26.4 Å². The normalized spacial score (nSPS) is 9.81. The number of amides is 1. The molecule has 0 aromatic heterocycles. The lowest BCUT2D eigenvalue weighted by Crippen LogP contribution is -2.35. The maximum Gasteiger partial charge on any atom is 0.408 e. The molecule has 0 spiro atoms. The Hall–Kier alpha value is -1.34. The Morgan fingerprint density at radius 1 is 1.31 bits per heavy atom. The molecule has 0 bridgehead atoms. The van der Waals surface area contributed by atoms with E-state index in [1.165, 1.54) is 0 Å². The average Bonchev–Trinajstić information content (AvgIpc) is 2.12. The minimum atomic E-state index is -1.10. The topological polar surface area (TPSA) is 96.9 Å². The van der Waals surface area contributed by atoms with Gasteiger partial charge in [0.2, 0.25) is 0 Å². The highest BCUT2D eigenvalue weighted by Crippen LogP contribution is 2.05. The van der Waals surface area contributed by atoms with Gasteiger partial charge in [-0.2, -0.15) is 0 Å². The molecule has 0 atom stereocenters. The second-order valence-electron chi connectivity index (χ2n) is 3.66. The number of carboxylic acid groups (broad SMARTS) is 1. The minimum Gasteiger partial charge on any atom is -0.480 e. The standard InChI is InChI=1S/C7H13NO4.C2H7NO/c1-7(2,3)12-6(11)8-4-5(9)10;1-3-4-2/h4H2,1-3H3,(H,8,11)(H,9,10);3H,1-2H3. The zero-order valence-electron chi connectivity index (χ0n) is 10.3. The van der Waals surface area contributed by atoms with Crippen LogP contribution in [0, 0.1) is 0 Å². The molecule has 16 heavy (non-hydrogen) atoms. The number of aliphatic carboxylic acids is 1. The summed E-state index contributed by atoms with van der Waals surface area (Å²) in [5.74, 6) is -1.10. The van der Waals surface area contributed by atoms with Crippen molar-refractivity contribution >= 4 is 12.1 Å². The number of hydrogen-bond acceptors (Lipinski definition) is 5. The zero-order chi connectivity index (χ0) is 13.2. The molecule has 0 unspecified atom stereocenters. The van der Waals surface area contributed by atoms with E-state index in [4.69, 9.17) is 9.84 Å². The van der Waals surface area contributed by atoms with Crippen molar-refractivity contribution in [3.8, 4) is 0 Å². The minimum absolute atomic E-state index is 0.422. The summed E-state index contributed by atoms with van der Waals surface area (Å²) in [4.78, 5) is 25.1. The molecule has 0 aliphatic carbocycles. The number of nitrogens with one attached hydrogen (secondary N) is 2. The quantitative estimate of drug-likeness (QED) is 0.612. The molecule has 7 nitrogen and oxygen atoms in total. The maximum atomic E-state index is 10.8. The first-order chi connectivity index (χ1) is 7.22. The summed E-state index contributed by atoms with van der Waals surface area (Å²) < 4.78 is 4.77. The summed E-state index contributed by atoms with van der Waals surface area (Å²) in [6.07, 6.45) is -0.718. The first-order valence-electron chi connectivity index (χ1n) is 4.61. The van der Waals surface area contributed by atoms with Crippen molar-refractivity contribution in [2.75, 3.05) is 20.7 Å². The SMILES string of the molecule is CC(C)(C)OC(=O)NCC(=O)O.CNOC. The van der Waals surface area contributed by atoms with E-state index in [-0.39, 0.29) is 0 Å². The Kier molecular flexibility index (Phi) is 9.52. The third-order valence-electron chi connectivity index (χ3n) is 0.987. The summed E-state index contributed by atoms with van der Waals surface area (Å²) in [5, 5.41) is 10.3. The molecule has 0 aliphatic rings. The molecule has 0 heterocycles. The molecule has 0 saturated carbocycles. The summed E-state index contributed by atoms with van der Waals surface area (Å²) in [7, 11) is 3.28. The average molecular weight is 236 g/mol. The Labute approximate surface area is 95.1 Å². The third kappa shape index (κ3) is 18.4. The Bertz CT molecular complexity index is 210. The van der Waals surface area contributed by atoms with Gasteiger partial charge in [-0.3, -0.25) is 4.79 Å². The molecule has 1 amide bonds. The number of alkyl carbamates (subject to hydrolysis) is 1. The fourth-order valence-corrected chi connectivity index (χ4v) is 0.462. The monoisotopic (exact) mass is 236 g/mol. The highest BCUT2D eigenvalue weighted by Gasteiger charge is 2.15. The van der Waals surface area contributed by atoms with E-state index < -0.39 is 24.2 Å². The van der Waals surface area contributed by atoms with Crippen LogP contribution in [0.1, 0.15) is 20.8 Å². The first-order valence-corrected chi connectivity index (χ1v) is 4.61. The van der Waals surface area contributed by atoms with Crippen molar-refractivity contribution in [3.05, 3.63) is 0 Å². The van der Waals surface area contributed by atoms with Crippen molar-refractivity contribution in [1.29, 1.82) is 0 Å². The van der Waals surface area contributed by atoms with Crippen molar-refractivity contribution in [2.24, 2.45) is 0 Å². The van der Waals surface area contributed by atoms with Gasteiger partial charge in [0.05, 0.1) is 7.11 Å². The fraction of sp³-hybridized carbons (Fsp3) is 0.778. The number of ether oxygens (including phenoxy) is 1. The van der Waals surface area contributed by atoms with Crippen LogP contribution >= 0.6 is 0 Å². The zero-order valence-corrected chi connectivity index (χ0v) is 10.3. The lowest BCUT2D eigenvalue weighted by Gasteiger charge is -2.19. The van der Waals surface area contributed by atoms with Crippen LogP contribution < -0.4 is 10.8 Å². The van der Waals surface area contributed by atoms with E-state index in [1.54, 1.807) is 34.9 Å². The lowest BCUT2D eigenvalue weighted by molar-refractivity contribution is -0.136. The first kappa shape index (κ1) is 17.1. The Morgan fingerprint density at radius 3 is 2.00 bits per heavy atom. The third-order valence-corrected chi connectivity index (χ3v) is 0.987. The summed E-state index contributed by atoms with van der Waals surface area (Å²) in [5.41, 5.74) is 1.84. The van der Waals surface area contributed by atoms with E-state index in [0.29, 0.717) is 0 Å². The van der Waals surface area contributed by atoms with Crippen molar-refractivity contribution < 1.29 is 24.3 Å². The number of rotatable bonds is 3.